The first-order valence-electron chi connectivity index (χ1n) is 9.19. The lowest BCUT2D eigenvalue weighted by Crippen LogP contribution is -2.12. The average Bonchev–Trinajstić information content (AvgIpc) is 2.67. The minimum absolute atomic E-state index is 0.123. The molecule has 0 radical (unpaired) electrons. The van der Waals surface area contributed by atoms with Gasteiger partial charge in [-0.15, -0.1) is 0 Å². The molecule has 130 valence electrons. The number of carbonyl (C=O) groups excluding carboxylic acids is 1. The van der Waals surface area contributed by atoms with Crippen LogP contribution in [0.4, 0.5) is 0 Å². The number of carbonyl (C=O) groups is 1. The number of hydrogen-bond donors (Lipinski definition) is 0. The van der Waals surface area contributed by atoms with Gasteiger partial charge >= 0.3 is 5.97 Å². The molecule has 3 nitrogen and oxygen atoms in total. The van der Waals surface area contributed by atoms with Gasteiger partial charge in [-0.1, -0.05) is 56.4 Å². The highest BCUT2D eigenvalue weighted by molar-refractivity contribution is 5.73. The van der Waals surface area contributed by atoms with E-state index < -0.39 is 0 Å². The summed E-state index contributed by atoms with van der Waals surface area (Å²) in [6.45, 7) is 0. The Morgan fingerprint density at radius 3 is 2.56 bits per heavy atom. The van der Waals surface area contributed by atoms with Crippen molar-refractivity contribution in [3.05, 3.63) is 59.9 Å². The summed E-state index contributed by atoms with van der Waals surface area (Å²) in [6.07, 6.45) is 13.7. The zero-order valence-corrected chi connectivity index (χ0v) is 14.6. The minimum Gasteiger partial charge on any atom is -0.427 e. The number of pyridine rings is 1. The first-order valence-corrected chi connectivity index (χ1v) is 9.19. The van der Waals surface area contributed by atoms with Crippen LogP contribution in [0.15, 0.2) is 48.7 Å². The van der Waals surface area contributed by atoms with Crippen LogP contribution in [0.25, 0.3) is 12.2 Å². The second kappa shape index (κ2) is 9.16. The van der Waals surface area contributed by atoms with Gasteiger partial charge in [0.1, 0.15) is 5.75 Å². The molecule has 0 aliphatic heterocycles. The molecule has 0 atom stereocenters. The van der Waals surface area contributed by atoms with Crippen LogP contribution in [0.5, 0.6) is 5.75 Å². The van der Waals surface area contributed by atoms with E-state index in [1.807, 2.05) is 54.6 Å². The van der Waals surface area contributed by atoms with E-state index >= 15 is 0 Å². The molecule has 0 bridgehead atoms. The summed E-state index contributed by atoms with van der Waals surface area (Å²) in [6, 6.07) is 13.4. The van der Waals surface area contributed by atoms with Crippen molar-refractivity contribution >= 4 is 18.1 Å². The molecule has 1 aliphatic rings. The van der Waals surface area contributed by atoms with Crippen LogP contribution >= 0.6 is 0 Å². The molecule has 2 aromatic rings. The molecular weight excluding hydrogens is 310 g/mol. The van der Waals surface area contributed by atoms with Crippen LogP contribution < -0.4 is 4.74 Å². The molecule has 0 amide bonds. The van der Waals surface area contributed by atoms with Crippen molar-refractivity contribution in [2.45, 2.75) is 44.9 Å². The standard InChI is InChI=1S/C22H25NO2/c24-22(16-12-18-6-2-1-3-7-18)25-21-14-10-19(11-15-21)9-13-20-8-4-5-17-23-20/h4-5,8-11,13-15,17-18H,1-3,6-7,12,16H2/b13-9+. The van der Waals surface area contributed by atoms with Crippen molar-refractivity contribution in [3.8, 4) is 5.75 Å². The SMILES string of the molecule is O=C(CCC1CCCCC1)Oc1ccc(/C=C/c2ccccn2)cc1. The van der Waals surface area contributed by atoms with E-state index in [0.717, 1.165) is 17.7 Å². The molecule has 0 unspecified atom stereocenters. The summed E-state index contributed by atoms with van der Waals surface area (Å²) >= 11 is 0. The topological polar surface area (TPSA) is 39.2 Å². The Hall–Kier alpha value is -2.42. The monoisotopic (exact) mass is 335 g/mol. The fourth-order valence-electron chi connectivity index (χ4n) is 3.28. The average molecular weight is 335 g/mol. The van der Waals surface area contributed by atoms with Crippen LogP contribution in [-0.4, -0.2) is 11.0 Å². The minimum atomic E-state index is -0.123. The molecule has 1 fully saturated rings. The molecule has 0 spiro atoms. The van der Waals surface area contributed by atoms with Crippen molar-refractivity contribution < 1.29 is 9.53 Å². The van der Waals surface area contributed by atoms with Crippen LogP contribution in [0, 0.1) is 5.92 Å². The number of esters is 1. The molecule has 3 rings (SSSR count). The highest BCUT2D eigenvalue weighted by Gasteiger charge is 2.15. The maximum Gasteiger partial charge on any atom is 0.311 e. The van der Waals surface area contributed by atoms with Gasteiger partial charge in [0.15, 0.2) is 0 Å². The Bertz CT molecular complexity index is 686. The molecule has 1 heterocycles. The summed E-state index contributed by atoms with van der Waals surface area (Å²) in [4.78, 5) is 16.3. The predicted molar refractivity (Wildman–Crippen MR) is 101 cm³/mol. The van der Waals surface area contributed by atoms with E-state index in [1.165, 1.54) is 32.1 Å². The quantitative estimate of drug-likeness (QED) is 0.515. The fraction of sp³-hybridized carbons (Fsp3) is 0.364. The van der Waals surface area contributed by atoms with Crippen LogP contribution in [0.1, 0.15) is 56.2 Å². The van der Waals surface area contributed by atoms with Crippen molar-refractivity contribution in [2.24, 2.45) is 5.92 Å². The van der Waals surface area contributed by atoms with Crippen LogP contribution in [-0.2, 0) is 4.79 Å². The van der Waals surface area contributed by atoms with Gasteiger partial charge in [-0.2, -0.15) is 0 Å². The Morgan fingerprint density at radius 2 is 1.84 bits per heavy atom. The third kappa shape index (κ3) is 5.86. The van der Waals surface area contributed by atoms with Crippen molar-refractivity contribution in [3.63, 3.8) is 0 Å². The maximum atomic E-state index is 12.0. The van der Waals surface area contributed by atoms with Crippen molar-refractivity contribution in [2.75, 3.05) is 0 Å². The smallest absolute Gasteiger partial charge is 0.311 e. The molecular formula is C22H25NO2. The van der Waals surface area contributed by atoms with Crippen LogP contribution in [0.3, 0.4) is 0 Å². The summed E-state index contributed by atoms with van der Waals surface area (Å²) in [5.41, 5.74) is 1.97. The third-order valence-corrected chi connectivity index (χ3v) is 4.73. The zero-order chi connectivity index (χ0) is 17.3. The molecule has 1 aliphatic carbocycles. The van der Waals surface area contributed by atoms with Gasteiger partial charge in [0.05, 0.1) is 5.69 Å². The lowest BCUT2D eigenvalue weighted by molar-refractivity contribution is -0.134. The fourth-order valence-corrected chi connectivity index (χ4v) is 3.28. The van der Waals surface area contributed by atoms with Gasteiger partial charge in [0.2, 0.25) is 0 Å². The molecule has 25 heavy (non-hydrogen) atoms. The van der Waals surface area contributed by atoms with Gasteiger partial charge in [0, 0.05) is 12.6 Å². The number of aromatic nitrogens is 1. The van der Waals surface area contributed by atoms with Gasteiger partial charge in [-0.25, -0.2) is 0 Å². The van der Waals surface area contributed by atoms with Gasteiger partial charge in [0.25, 0.3) is 0 Å². The number of hydrogen-bond acceptors (Lipinski definition) is 3. The molecule has 0 N–H and O–H groups in total. The number of ether oxygens (including phenoxy) is 1. The van der Waals surface area contributed by atoms with E-state index in [4.69, 9.17) is 4.74 Å². The summed E-state index contributed by atoms with van der Waals surface area (Å²) in [5.74, 6) is 1.20. The second-order valence-corrected chi connectivity index (χ2v) is 6.67. The Kier molecular flexibility index (Phi) is 6.38. The van der Waals surface area contributed by atoms with Crippen molar-refractivity contribution in [1.29, 1.82) is 0 Å². The summed E-state index contributed by atoms with van der Waals surface area (Å²) in [5, 5.41) is 0. The molecule has 1 saturated carbocycles. The van der Waals surface area contributed by atoms with Crippen LogP contribution in [0.2, 0.25) is 0 Å². The van der Waals surface area contributed by atoms with Gasteiger partial charge in [-0.05, 0) is 48.2 Å². The normalized spacial score (nSPS) is 15.4. The summed E-state index contributed by atoms with van der Waals surface area (Å²) < 4.78 is 5.45. The number of rotatable bonds is 6. The molecule has 1 aromatic heterocycles. The summed E-state index contributed by atoms with van der Waals surface area (Å²) in [7, 11) is 0. The highest BCUT2D eigenvalue weighted by Crippen LogP contribution is 2.27. The second-order valence-electron chi connectivity index (χ2n) is 6.67. The van der Waals surface area contributed by atoms with E-state index in [0.29, 0.717) is 18.1 Å². The Labute approximate surface area is 149 Å². The lowest BCUT2D eigenvalue weighted by Gasteiger charge is -2.20. The molecule has 3 heteroatoms. The lowest BCUT2D eigenvalue weighted by atomic mass is 9.86. The Balaban J connectivity index is 1.46. The first-order chi connectivity index (χ1) is 12.3. The van der Waals surface area contributed by atoms with Gasteiger partial charge < -0.3 is 4.74 Å². The number of nitrogens with zero attached hydrogens (tertiary/aromatic N) is 1. The third-order valence-electron chi connectivity index (χ3n) is 4.73. The zero-order valence-electron chi connectivity index (χ0n) is 14.6. The highest BCUT2D eigenvalue weighted by atomic mass is 16.5. The van der Waals surface area contributed by atoms with E-state index in [1.54, 1.807) is 6.20 Å². The largest absolute Gasteiger partial charge is 0.427 e. The maximum absolute atomic E-state index is 12.0. The van der Waals surface area contributed by atoms with E-state index in [9.17, 15) is 4.79 Å². The van der Waals surface area contributed by atoms with Crippen molar-refractivity contribution in [1.82, 2.24) is 4.98 Å². The Morgan fingerprint density at radius 1 is 1.04 bits per heavy atom. The first kappa shape index (κ1) is 17.4. The predicted octanol–water partition coefficient (Wildman–Crippen LogP) is 5.52. The number of benzene rings is 1. The van der Waals surface area contributed by atoms with E-state index in [2.05, 4.69) is 4.98 Å². The van der Waals surface area contributed by atoms with E-state index in [-0.39, 0.29) is 5.97 Å². The van der Waals surface area contributed by atoms with Gasteiger partial charge in [-0.3, -0.25) is 9.78 Å². The molecule has 0 saturated heterocycles. The molecule has 1 aromatic carbocycles.